The van der Waals surface area contributed by atoms with Crippen molar-refractivity contribution in [2.24, 2.45) is 5.92 Å². The van der Waals surface area contributed by atoms with E-state index in [0.717, 1.165) is 24.9 Å². The van der Waals surface area contributed by atoms with Crippen molar-refractivity contribution in [1.82, 2.24) is 4.90 Å². The van der Waals surface area contributed by atoms with Crippen molar-refractivity contribution in [1.29, 1.82) is 0 Å². The van der Waals surface area contributed by atoms with Crippen LogP contribution in [0.1, 0.15) is 30.9 Å². The molecule has 0 spiro atoms. The summed E-state index contributed by atoms with van der Waals surface area (Å²) in [7, 11) is 1.67. The number of aliphatic hydroxyl groups excluding tert-OH is 1. The van der Waals surface area contributed by atoms with Gasteiger partial charge in [-0.3, -0.25) is 9.59 Å². The predicted molar refractivity (Wildman–Crippen MR) is 84.7 cm³/mol. The molecule has 0 unspecified atom stereocenters. The first-order valence-corrected chi connectivity index (χ1v) is 7.98. The fourth-order valence-electron chi connectivity index (χ4n) is 2.87. The van der Waals surface area contributed by atoms with Crippen LogP contribution in [0, 0.1) is 5.92 Å². The number of rotatable bonds is 4. The fraction of sp³-hybridized carbons (Fsp3) is 0.529. The maximum atomic E-state index is 11.9. The number of hydrogen-bond donors (Lipinski definition) is 2. The number of nitrogens with zero attached hydrogens (tertiary/aromatic N) is 1. The van der Waals surface area contributed by atoms with Gasteiger partial charge in [-0.2, -0.15) is 0 Å². The van der Waals surface area contributed by atoms with E-state index in [9.17, 15) is 14.7 Å². The van der Waals surface area contributed by atoms with Gasteiger partial charge in [0.25, 0.3) is 0 Å². The molecular weight excluding hydrogens is 296 g/mol. The van der Waals surface area contributed by atoms with E-state index in [1.807, 2.05) is 0 Å². The number of carbonyl (C=O) groups is 2. The third kappa shape index (κ3) is 3.38. The molecule has 1 saturated heterocycles. The average molecular weight is 318 g/mol. The van der Waals surface area contributed by atoms with Gasteiger partial charge in [-0.1, -0.05) is 18.6 Å². The molecule has 2 N–H and O–H groups in total. The summed E-state index contributed by atoms with van der Waals surface area (Å²) >= 11 is 0. The Morgan fingerprint density at radius 2 is 2.04 bits per heavy atom. The smallest absolute Gasteiger partial charge is 0.248 e. The second-order valence-corrected chi connectivity index (χ2v) is 6.27. The second-order valence-electron chi connectivity index (χ2n) is 6.27. The van der Waals surface area contributed by atoms with Crippen molar-refractivity contribution in [2.45, 2.75) is 31.4 Å². The Morgan fingerprint density at radius 1 is 1.35 bits per heavy atom. The molecule has 1 saturated carbocycles. The number of likely N-dealkylation sites (N-methyl/N-ethyl adjacent to an activating group) is 1. The molecule has 2 amide bonds. The summed E-state index contributed by atoms with van der Waals surface area (Å²) in [6, 6.07) is 6.70. The number of anilines is 1. The number of amides is 2. The molecule has 2 aliphatic rings. The van der Waals surface area contributed by atoms with Crippen LogP contribution in [0.2, 0.25) is 0 Å². The summed E-state index contributed by atoms with van der Waals surface area (Å²) in [4.78, 5) is 25.1. The molecule has 1 aromatic rings. The highest BCUT2D eigenvalue weighted by molar-refractivity contribution is 5.93. The minimum absolute atomic E-state index is 0.0614. The van der Waals surface area contributed by atoms with Crippen molar-refractivity contribution in [2.75, 3.05) is 25.6 Å². The molecule has 23 heavy (non-hydrogen) atoms. The lowest BCUT2D eigenvalue weighted by Crippen LogP contribution is -2.49. The third-order valence-corrected chi connectivity index (χ3v) is 4.77. The van der Waals surface area contributed by atoms with Crippen LogP contribution in [-0.2, 0) is 14.3 Å². The Hall–Kier alpha value is -1.92. The second kappa shape index (κ2) is 6.68. The van der Waals surface area contributed by atoms with Crippen LogP contribution in [0.4, 0.5) is 5.69 Å². The van der Waals surface area contributed by atoms with Crippen LogP contribution in [0.15, 0.2) is 24.3 Å². The van der Waals surface area contributed by atoms with Crippen LogP contribution in [0.5, 0.6) is 0 Å². The minimum atomic E-state index is -0.819. The lowest BCUT2D eigenvalue weighted by molar-refractivity contribution is -0.151. The number of aliphatic hydroxyl groups is 1. The fourth-order valence-corrected chi connectivity index (χ4v) is 2.87. The maximum absolute atomic E-state index is 11.9. The van der Waals surface area contributed by atoms with Gasteiger partial charge in [-0.25, -0.2) is 0 Å². The Bertz CT molecular complexity index is 583. The van der Waals surface area contributed by atoms with Crippen molar-refractivity contribution in [3.8, 4) is 0 Å². The molecule has 6 nitrogen and oxygen atoms in total. The van der Waals surface area contributed by atoms with E-state index in [2.05, 4.69) is 5.32 Å². The van der Waals surface area contributed by atoms with Gasteiger partial charge in [0.15, 0.2) is 0 Å². The molecule has 1 heterocycles. The first-order valence-electron chi connectivity index (χ1n) is 7.98. The lowest BCUT2D eigenvalue weighted by Gasteiger charge is -2.35. The lowest BCUT2D eigenvalue weighted by atomic mass is 9.85. The van der Waals surface area contributed by atoms with E-state index in [4.69, 9.17) is 4.74 Å². The van der Waals surface area contributed by atoms with Gasteiger partial charge in [0.05, 0.1) is 12.6 Å². The Kier molecular flexibility index (Phi) is 4.63. The molecule has 0 bridgehead atoms. The summed E-state index contributed by atoms with van der Waals surface area (Å²) in [6.07, 6.45) is 2.23. The average Bonchev–Trinajstić information content (AvgIpc) is 2.48. The number of nitrogens with one attached hydrogen (secondary N) is 1. The first kappa shape index (κ1) is 16.0. The summed E-state index contributed by atoms with van der Waals surface area (Å²) in [5.41, 5.74) is 1.42. The first-order chi connectivity index (χ1) is 11.1. The molecule has 0 radical (unpaired) electrons. The zero-order valence-electron chi connectivity index (χ0n) is 13.2. The van der Waals surface area contributed by atoms with Crippen LogP contribution in [-0.4, -0.2) is 48.1 Å². The molecule has 1 aliphatic heterocycles. The highest BCUT2D eigenvalue weighted by atomic mass is 16.5. The molecule has 2 atom stereocenters. The van der Waals surface area contributed by atoms with E-state index < -0.39 is 12.1 Å². The van der Waals surface area contributed by atoms with Gasteiger partial charge in [0.1, 0.15) is 12.7 Å². The summed E-state index contributed by atoms with van der Waals surface area (Å²) < 4.78 is 5.22. The minimum Gasteiger partial charge on any atom is -0.386 e. The maximum Gasteiger partial charge on any atom is 0.248 e. The quantitative estimate of drug-likeness (QED) is 0.877. The van der Waals surface area contributed by atoms with Crippen LogP contribution in [0.25, 0.3) is 0 Å². The standard InChI is InChI=1S/C17H22N2O4/c1-19-14(9-23-10-15(19)20)16(21)11-5-7-13(8-6-11)18-17(22)12-3-2-4-12/h5-8,12,14,16,21H,2-4,9-10H2,1H3,(H,18,22)/t14-,16-/m1/s1. The van der Waals surface area contributed by atoms with E-state index >= 15 is 0 Å². The third-order valence-electron chi connectivity index (χ3n) is 4.77. The summed E-state index contributed by atoms with van der Waals surface area (Å²) in [5.74, 6) is 0.0690. The van der Waals surface area contributed by atoms with Gasteiger partial charge in [-0.15, -0.1) is 0 Å². The molecule has 124 valence electrons. The van der Waals surface area contributed by atoms with Gasteiger partial charge >= 0.3 is 0 Å². The van der Waals surface area contributed by atoms with Crippen LogP contribution >= 0.6 is 0 Å². The number of carbonyl (C=O) groups excluding carboxylic acids is 2. The molecular formula is C17H22N2O4. The SMILES string of the molecule is CN1C(=O)COC[C@@H]1[C@H](O)c1ccc(NC(=O)C2CCC2)cc1. The van der Waals surface area contributed by atoms with Gasteiger partial charge < -0.3 is 20.1 Å². The number of hydrogen-bond acceptors (Lipinski definition) is 4. The highest BCUT2D eigenvalue weighted by Gasteiger charge is 2.32. The number of ether oxygens (including phenoxy) is 1. The van der Waals surface area contributed by atoms with E-state index in [-0.39, 0.29) is 24.3 Å². The Labute approximate surface area is 135 Å². The van der Waals surface area contributed by atoms with Crippen molar-refractivity contribution in [3.05, 3.63) is 29.8 Å². The summed E-state index contributed by atoms with van der Waals surface area (Å²) in [5, 5.41) is 13.4. The number of morpholine rings is 1. The van der Waals surface area contributed by atoms with Crippen molar-refractivity contribution < 1.29 is 19.4 Å². The van der Waals surface area contributed by atoms with Crippen LogP contribution in [0.3, 0.4) is 0 Å². The zero-order valence-corrected chi connectivity index (χ0v) is 13.2. The van der Waals surface area contributed by atoms with Crippen molar-refractivity contribution >= 4 is 17.5 Å². The van der Waals surface area contributed by atoms with Gasteiger partial charge in [0, 0.05) is 18.7 Å². The Balaban J connectivity index is 1.64. The van der Waals surface area contributed by atoms with Crippen molar-refractivity contribution in [3.63, 3.8) is 0 Å². The largest absolute Gasteiger partial charge is 0.386 e. The van der Waals surface area contributed by atoms with Gasteiger partial charge in [0.2, 0.25) is 11.8 Å². The molecule has 0 aromatic heterocycles. The molecule has 3 rings (SSSR count). The highest BCUT2D eigenvalue weighted by Crippen LogP contribution is 2.28. The predicted octanol–water partition coefficient (Wildman–Crippen LogP) is 1.32. The summed E-state index contributed by atoms with van der Waals surface area (Å²) in [6.45, 7) is 0.370. The normalized spacial score (nSPS) is 23.3. The Morgan fingerprint density at radius 3 is 2.65 bits per heavy atom. The monoisotopic (exact) mass is 318 g/mol. The molecule has 2 fully saturated rings. The molecule has 6 heteroatoms. The van der Waals surface area contributed by atoms with E-state index in [1.54, 1.807) is 31.3 Å². The zero-order chi connectivity index (χ0) is 16.4. The van der Waals surface area contributed by atoms with Gasteiger partial charge in [-0.05, 0) is 30.5 Å². The molecule has 1 aromatic carbocycles. The van der Waals surface area contributed by atoms with Crippen LogP contribution < -0.4 is 5.32 Å². The topological polar surface area (TPSA) is 78.9 Å². The van der Waals surface area contributed by atoms with E-state index in [0.29, 0.717) is 12.2 Å². The number of benzene rings is 1. The molecule has 1 aliphatic carbocycles. The van der Waals surface area contributed by atoms with E-state index in [1.165, 1.54) is 4.90 Å².